The molecule has 0 spiro atoms. The first-order valence-corrected chi connectivity index (χ1v) is 7.56. The number of benzene rings is 1. The number of hydrogen-bond donors (Lipinski definition) is 2. The highest BCUT2D eigenvalue weighted by atomic mass is 79.9. The van der Waals surface area contributed by atoms with Gasteiger partial charge in [0.25, 0.3) is 0 Å². The molecule has 1 aromatic rings. The number of nitrogens with one attached hydrogen (secondary N) is 2. The van der Waals surface area contributed by atoms with E-state index in [0.717, 1.165) is 23.6 Å². The van der Waals surface area contributed by atoms with Crippen LogP contribution in [0.3, 0.4) is 0 Å². The Morgan fingerprint density at radius 3 is 2.33 bits per heavy atom. The monoisotopic (exact) mass is 336 g/mol. The SMILES string of the molecule is COC(=O)NS(=O)(=O)NCc1ccc(CBr)cc1. The van der Waals surface area contributed by atoms with Gasteiger partial charge in [-0.25, -0.2) is 9.52 Å². The van der Waals surface area contributed by atoms with Gasteiger partial charge in [0, 0.05) is 11.9 Å². The summed E-state index contributed by atoms with van der Waals surface area (Å²) in [5.74, 6) is 0. The third kappa shape index (κ3) is 5.03. The number of ether oxygens (including phenoxy) is 1. The molecule has 1 amide bonds. The molecule has 0 aliphatic heterocycles. The van der Waals surface area contributed by atoms with Crippen molar-refractivity contribution in [3.63, 3.8) is 0 Å². The van der Waals surface area contributed by atoms with Crippen LogP contribution in [0.2, 0.25) is 0 Å². The maximum Gasteiger partial charge on any atom is 0.421 e. The number of amides is 1. The van der Waals surface area contributed by atoms with Crippen molar-refractivity contribution >= 4 is 32.2 Å². The van der Waals surface area contributed by atoms with Crippen LogP contribution in [0.25, 0.3) is 0 Å². The fraction of sp³-hybridized carbons (Fsp3) is 0.300. The molecule has 6 nitrogen and oxygen atoms in total. The number of halogens is 1. The van der Waals surface area contributed by atoms with Crippen molar-refractivity contribution in [1.29, 1.82) is 0 Å². The maximum atomic E-state index is 11.4. The van der Waals surface area contributed by atoms with Gasteiger partial charge in [0.05, 0.1) is 7.11 Å². The molecule has 0 saturated carbocycles. The van der Waals surface area contributed by atoms with Gasteiger partial charge in [-0.3, -0.25) is 0 Å². The zero-order valence-electron chi connectivity index (χ0n) is 9.64. The minimum atomic E-state index is -3.89. The lowest BCUT2D eigenvalue weighted by atomic mass is 10.2. The summed E-state index contributed by atoms with van der Waals surface area (Å²) in [6.07, 6.45) is -1.03. The molecule has 0 aliphatic rings. The number of carbonyl (C=O) groups excluding carboxylic acids is 1. The van der Waals surface area contributed by atoms with E-state index in [1.165, 1.54) is 0 Å². The largest absolute Gasteiger partial charge is 0.452 e. The molecule has 0 unspecified atom stereocenters. The first-order valence-electron chi connectivity index (χ1n) is 4.96. The quantitative estimate of drug-likeness (QED) is 0.793. The highest BCUT2D eigenvalue weighted by Crippen LogP contribution is 2.07. The molecule has 0 bridgehead atoms. The van der Waals surface area contributed by atoms with Crippen molar-refractivity contribution in [1.82, 2.24) is 9.44 Å². The van der Waals surface area contributed by atoms with Crippen LogP contribution in [-0.4, -0.2) is 21.6 Å². The van der Waals surface area contributed by atoms with Crippen LogP contribution < -0.4 is 9.44 Å². The Bertz CT molecular complexity index is 501. The summed E-state index contributed by atoms with van der Waals surface area (Å²) in [5.41, 5.74) is 1.88. The van der Waals surface area contributed by atoms with Gasteiger partial charge in [0.2, 0.25) is 0 Å². The Morgan fingerprint density at radius 1 is 1.28 bits per heavy atom. The fourth-order valence-electron chi connectivity index (χ4n) is 1.11. The summed E-state index contributed by atoms with van der Waals surface area (Å²) in [4.78, 5) is 10.8. The van der Waals surface area contributed by atoms with Gasteiger partial charge in [0.1, 0.15) is 0 Å². The average Bonchev–Trinajstić information content (AvgIpc) is 2.36. The molecule has 1 rings (SSSR count). The van der Waals surface area contributed by atoms with Crippen molar-refractivity contribution in [2.24, 2.45) is 0 Å². The molecule has 1 aromatic carbocycles. The molecule has 0 aromatic heterocycles. The van der Waals surface area contributed by atoms with Gasteiger partial charge in [-0.1, -0.05) is 40.2 Å². The van der Waals surface area contributed by atoms with Crippen molar-refractivity contribution in [3.8, 4) is 0 Å². The molecule has 8 heteroatoms. The zero-order chi connectivity index (χ0) is 13.6. The summed E-state index contributed by atoms with van der Waals surface area (Å²) in [6, 6.07) is 7.37. The minimum absolute atomic E-state index is 0.0922. The molecule has 0 radical (unpaired) electrons. The molecule has 2 N–H and O–H groups in total. The Labute approximate surface area is 114 Å². The third-order valence-corrected chi connectivity index (χ3v) is 3.65. The summed E-state index contributed by atoms with van der Waals surface area (Å²) in [6.45, 7) is 0.0922. The number of hydrogen-bond acceptors (Lipinski definition) is 4. The molecule has 0 saturated heterocycles. The predicted molar refractivity (Wildman–Crippen MR) is 70.4 cm³/mol. The van der Waals surface area contributed by atoms with Crippen LogP contribution in [0.4, 0.5) is 4.79 Å². The lowest BCUT2D eigenvalue weighted by Crippen LogP contribution is -2.39. The van der Waals surface area contributed by atoms with E-state index in [4.69, 9.17) is 0 Å². The van der Waals surface area contributed by atoms with Crippen LogP contribution in [-0.2, 0) is 26.8 Å². The summed E-state index contributed by atoms with van der Waals surface area (Å²) in [5, 5.41) is 0.739. The van der Waals surface area contributed by atoms with E-state index < -0.39 is 16.3 Å². The maximum absolute atomic E-state index is 11.4. The zero-order valence-corrected chi connectivity index (χ0v) is 12.0. The lowest BCUT2D eigenvalue weighted by molar-refractivity contribution is 0.177. The van der Waals surface area contributed by atoms with Crippen LogP contribution in [0.5, 0.6) is 0 Å². The van der Waals surface area contributed by atoms with Crippen molar-refractivity contribution in [2.75, 3.05) is 7.11 Å². The van der Waals surface area contributed by atoms with Crippen LogP contribution in [0.15, 0.2) is 24.3 Å². The summed E-state index contributed by atoms with van der Waals surface area (Å²) >= 11 is 3.31. The predicted octanol–water partition coefficient (Wildman–Crippen LogP) is 1.27. The van der Waals surface area contributed by atoms with Gasteiger partial charge < -0.3 is 4.74 Å². The van der Waals surface area contributed by atoms with Crippen LogP contribution >= 0.6 is 15.9 Å². The number of methoxy groups -OCH3 is 1. The second-order valence-electron chi connectivity index (χ2n) is 3.37. The fourth-order valence-corrected chi connectivity index (χ4v) is 2.22. The van der Waals surface area contributed by atoms with Gasteiger partial charge in [-0.15, -0.1) is 0 Å². The minimum Gasteiger partial charge on any atom is -0.452 e. The standard InChI is InChI=1S/C10H13BrN2O4S/c1-17-10(14)13-18(15,16)12-7-9-4-2-8(6-11)3-5-9/h2-5,12H,6-7H2,1H3,(H,13,14). The van der Waals surface area contributed by atoms with Crippen molar-refractivity contribution < 1.29 is 17.9 Å². The lowest BCUT2D eigenvalue weighted by Gasteiger charge is -2.07. The van der Waals surface area contributed by atoms with Gasteiger partial charge >= 0.3 is 16.3 Å². The Morgan fingerprint density at radius 2 is 1.83 bits per heavy atom. The highest BCUT2D eigenvalue weighted by Gasteiger charge is 2.13. The molecule has 18 heavy (non-hydrogen) atoms. The molecule has 0 heterocycles. The smallest absolute Gasteiger partial charge is 0.421 e. The van der Waals surface area contributed by atoms with E-state index >= 15 is 0 Å². The van der Waals surface area contributed by atoms with Crippen molar-refractivity contribution in [3.05, 3.63) is 35.4 Å². The Balaban J connectivity index is 2.56. The normalized spacial score (nSPS) is 11.0. The van der Waals surface area contributed by atoms with Gasteiger partial charge in [0.15, 0.2) is 0 Å². The molecule has 100 valence electrons. The molecule has 0 atom stereocenters. The van der Waals surface area contributed by atoms with E-state index in [9.17, 15) is 13.2 Å². The van der Waals surface area contributed by atoms with E-state index in [1.54, 1.807) is 16.9 Å². The number of alkyl halides is 1. The van der Waals surface area contributed by atoms with Crippen LogP contribution in [0, 0.1) is 0 Å². The number of rotatable bonds is 5. The molecular formula is C10H13BrN2O4S. The summed E-state index contributed by atoms with van der Waals surface area (Å²) < 4.78 is 30.8. The Kier molecular flexibility index (Phi) is 5.57. The van der Waals surface area contributed by atoms with E-state index in [2.05, 4.69) is 25.4 Å². The summed E-state index contributed by atoms with van der Waals surface area (Å²) in [7, 11) is -2.80. The van der Waals surface area contributed by atoms with Crippen LogP contribution in [0.1, 0.15) is 11.1 Å². The van der Waals surface area contributed by atoms with Crippen molar-refractivity contribution in [2.45, 2.75) is 11.9 Å². The molecule has 0 aliphatic carbocycles. The van der Waals surface area contributed by atoms with E-state index in [0.29, 0.717) is 0 Å². The average molecular weight is 337 g/mol. The topological polar surface area (TPSA) is 84.5 Å². The first kappa shape index (κ1) is 14.9. The second-order valence-corrected chi connectivity index (χ2v) is 5.43. The molecule has 0 fully saturated rings. The van der Waals surface area contributed by atoms with E-state index in [1.807, 2.05) is 12.1 Å². The highest BCUT2D eigenvalue weighted by molar-refractivity contribution is 9.08. The second kappa shape index (κ2) is 6.72. The van der Waals surface area contributed by atoms with Gasteiger partial charge in [-0.05, 0) is 11.1 Å². The number of carbonyl (C=O) groups is 1. The Hall–Kier alpha value is -1.12. The van der Waals surface area contributed by atoms with Gasteiger partial charge in [-0.2, -0.15) is 13.1 Å². The third-order valence-electron chi connectivity index (χ3n) is 2.05. The van der Waals surface area contributed by atoms with E-state index in [-0.39, 0.29) is 6.54 Å². The first-order chi connectivity index (χ1) is 8.46. The molecular weight excluding hydrogens is 324 g/mol.